The molecule has 1 aromatic carbocycles. The van der Waals surface area contributed by atoms with E-state index < -0.39 is 9.84 Å². The molecule has 20 heavy (non-hydrogen) atoms. The second kappa shape index (κ2) is 5.85. The Kier molecular flexibility index (Phi) is 4.54. The Labute approximate surface area is 131 Å². The van der Waals surface area contributed by atoms with Crippen molar-refractivity contribution in [1.82, 2.24) is 9.97 Å². The van der Waals surface area contributed by atoms with Crippen molar-refractivity contribution in [2.45, 2.75) is 5.75 Å². The molecule has 0 spiro atoms. The van der Waals surface area contributed by atoms with Gasteiger partial charge in [0.2, 0.25) is 0 Å². The van der Waals surface area contributed by atoms with Gasteiger partial charge in [-0.1, -0.05) is 46.9 Å². The van der Waals surface area contributed by atoms with Crippen LogP contribution >= 0.6 is 34.8 Å². The van der Waals surface area contributed by atoms with Crippen LogP contribution in [0.5, 0.6) is 0 Å². The van der Waals surface area contributed by atoms with Gasteiger partial charge in [0, 0.05) is 11.3 Å². The molecule has 8 heteroatoms. The number of sulfone groups is 1. The first-order valence-corrected chi connectivity index (χ1v) is 8.61. The fraction of sp³-hybridized carbons (Fsp3) is 0.167. The molecule has 1 heterocycles. The molecule has 2 aromatic rings. The molecule has 4 nitrogen and oxygen atoms in total. The third-order valence-corrected chi connectivity index (χ3v) is 3.97. The summed E-state index contributed by atoms with van der Waals surface area (Å²) in [5.41, 5.74) is 1.15. The topological polar surface area (TPSA) is 59.9 Å². The standard InChI is InChI=1S/C12H9Cl3N2O2S/c1-20(18,19)6-9-16-11(14)10(12(15)17-9)7-2-4-8(13)5-3-7/h2-5H,6H2,1H3. The van der Waals surface area contributed by atoms with Crippen molar-refractivity contribution in [2.24, 2.45) is 0 Å². The minimum absolute atomic E-state index is 0.0696. The summed E-state index contributed by atoms with van der Waals surface area (Å²) in [7, 11) is -3.25. The number of halogens is 3. The van der Waals surface area contributed by atoms with Crippen LogP contribution in [-0.4, -0.2) is 24.6 Å². The van der Waals surface area contributed by atoms with Gasteiger partial charge < -0.3 is 0 Å². The van der Waals surface area contributed by atoms with Crippen molar-refractivity contribution < 1.29 is 8.42 Å². The summed E-state index contributed by atoms with van der Waals surface area (Å²) in [6.07, 6.45) is 1.09. The van der Waals surface area contributed by atoms with Crippen molar-refractivity contribution in [3.63, 3.8) is 0 Å². The second-order valence-corrected chi connectivity index (χ2v) is 7.47. The first-order chi connectivity index (χ1) is 9.26. The number of rotatable bonds is 3. The first-order valence-electron chi connectivity index (χ1n) is 5.42. The van der Waals surface area contributed by atoms with Gasteiger partial charge >= 0.3 is 0 Å². The largest absolute Gasteiger partial charge is 0.229 e. The maximum Gasteiger partial charge on any atom is 0.154 e. The molecule has 0 aliphatic carbocycles. The number of benzene rings is 1. The SMILES string of the molecule is CS(=O)(=O)Cc1nc(Cl)c(-c2ccc(Cl)cc2)c(Cl)n1. The second-order valence-electron chi connectivity index (χ2n) is 4.17. The minimum atomic E-state index is -3.25. The molecular weight excluding hydrogens is 343 g/mol. The third kappa shape index (κ3) is 3.82. The third-order valence-electron chi connectivity index (χ3n) is 2.39. The summed E-state index contributed by atoms with van der Waals surface area (Å²) >= 11 is 18.0. The van der Waals surface area contributed by atoms with Crippen molar-refractivity contribution in [3.05, 3.63) is 45.4 Å². The van der Waals surface area contributed by atoms with E-state index in [0.29, 0.717) is 16.1 Å². The predicted octanol–water partition coefficient (Wildman–Crippen LogP) is 3.65. The number of aromatic nitrogens is 2. The zero-order valence-electron chi connectivity index (χ0n) is 10.3. The lowest BCUT2D eigenvalue weighted by atomic mass is 10.1. The van der Waals surface area contributed by atoms with Crippen LogP contribution in [0.3, 0.4) is 0 Å². The summed E-state index contributed by atoms with van der Waals surface area (Å²) in [6, 6.07) is 6.84. The summed E-state index contributed by atoms with van der Waals surface area (Å²) in [4.78, 5) is 7.95. The molecule has 2 rings (SSSR count). The van der Waals surface area contributed by atoms with Crippen molar-refractivity contribution in [3.8, 4) is 11.1 Å². The molecule has 0 bridgehead atoms. The first kappa shape index (κ1) is 15.5. The minimum Gasteiger partial charge on any atom is -0.229 e. The Balaban J connectivity index is 2.49. The quantitative estimate of drug-likeness (QED) is 0.792. The van der Waals surface area contributed by atoms with Crippen LogP contribution in [0.1, 0.15) is 5.82 Å². The molecule has 0 radical (unpaired) electrons. The molecule has 1 aromatic heterocycles. The number of hydrogen-bond donors (Lipinski definition) is 0. The highest BCUT2D eigenvalue weighted by Gasteiger charge is 2.16. The van der Waals surface area contributed by atoms with E-state index in [1.165, 1.54) is 0 Å². The van der Waals surface area contributed by atoms with Gasteiger partial charge in [0.25, 0.3) is 0 Å². The highest BCUT2D eigenvalue weighted by atomic mass is 35.5. The molecule has 106 valence electrons. The smallest absolute Gasteiger partial charge is 0.154 e. The Morgan fingerprint density at radius 1 is 1.00 bits per heavy atom. The van der Waals surface area contributed by atoms with Crippen molar-refractivity contribution in [1.29, 1.82) is 0 Å². The zero-order valence-corrected chi connectivity index (χ0v) is 13.4. The molecule has 0 atom stereocenters. The maximum atomic E-state index is 11.2. The molecule has 0 aliphatic heterocycles. The number of nitrogens with zero attached hydrogens (tertiary/aromatic N) is 2. The van der Waals surface area contributed by atoms with E-state index in [2.05, 4.69) is 9.97 Å². The van der Waals surface area contributed by atoms with Gasteiger partial charge in [0.1, 0.15) is 21.9 Å². The lowest BCUT2D eigenvalue weighted by molar-refractivity contribution is 0.599. The zero-order chi connectivity index (χ0) is 14.9. The Hall–Kier alpha value is -0.880. The van der Waals surface area contributed by atoms with E-state index in [9.17, 15) is 8.42 Å². The van der Waals surface area contributed by atoms with Crippen LogP contribution in [0, 0.1) is 0 Å². The van der Waals surface area contributed by atoms with E-state index in [0.717, 1.165) is 6.26 Å². The number of hydrogen-bond acceptors (Lipinski definition) is 4. The van der Waals surface area contributed by atoms with Crippen molar-refractivity contribution in [2.75, 3.05) is 6.26 Å². The molecule has 0 aliphatic rings. The average Bonchev–Trinajstić information content (AvgIpc) is 2.28. The molecule has 0 unspecified atom stereocenters. The normalized spacial score (nSPS) is 11.6. The monoisotopic (exact) mass is 350 g/mol. The highest BCUT2D eigenvalue weighted by molar-refractivity contribution is 7.89. The fourth-order valence-corrected chi connectivity index (χ4v) is 2.97. The van der Waals surface area contributed by atoms with E-state index in [1.54, 1.807) is 24.3 Å². The molecule has 0 amide bonds. The molecule has 0 saturated carbocycles. The van der Waals surface area contributed by atoms with Crippen LogP contribution in [0.25, 0.3) is 11.1 Å². The van der Waals surface area contributed by atoms with Gasteiger partial charge in [0.15, 0.2) is 9.84 Å². The van der Waals surface area contributed by atoms with Crippen LogP contribution in [0.15, 0.2) is 24.3 Å². The Morgan fingerprint density at radius 3 is 1.95 bits per heavy atom. The lowest BCUT2D eigenvalue weighted by Crippen LogP contribution is -2.06. The maximum absolute atomic E-state index is 11.2. The molecule has 0 N–H and O–H groups in total. The van der Waals surface area contributed by atoms with Crippen LogP contribution in [0.2, 0.25) is 15.3 Å². The Morgan fingerprint density at radius 2 is 1.50 bits per heavy atom. The lowest BCUT2D eigenvalue weighted by Gasteiger charge is -2.08. The van der Waals surface area contributed by atoms with Gasteiger partial charge in [-0.2, -0.15) is 0 Å². The summed E-state index contributed by atoms with van der Waals surface area (Å²) < 4.78 is 22.5. The van der Waals surface area contributed by atoms with Gasteiger partial charge in [-0.3, -0.25) is 0 Å². The van der Waals surface area contributed by atoms with E-state index in [4.69, 9.17) is 34.8 Å². The van der Waals surface area contributed by atoms with Crippen molar-refractivity contribution >= 4 is 44.6 Å². The van der Waals surface area contributed by atoms with Gasteiger partial charge in [-0.25, -0.2) is 18.4 Å². The van der Waals surface area contributed by atoms with Crippen LogP contribution in [-0.2, 0) is 15.6 Å². The van der Waals surface area contributed by atoms with E-state index in [-0.39, 0.29) is 21.9 Å². The Bertz CT molecular complexity index is 723. The van der Waals surface area contributed by atoms with E-state index in [1.807, 2.05) is 0 Å². The summed E-state index contributed by atoms with van der Waals surface area (Å²) in [5.74, 6) is -0.243. The average molecular weight is 352 g/mol. The molecular formula is C12H9Cl3N2O2S. The summed E-state index contributed by atoms with van der Waals surface area (Å²) in [5, 5.41) is 0.785. The van der Waals surface area contributed by atoms with Gasteiger partial charge in [-0.15, -0.1) is 0 Å². The van der Waals surface area contributed by atoms with Crippen LogP contribution in [0.4, 0.5) is 0 Å². The van der Waals surface area contributed by atoms with E-state index >= 15 is 0 Å². The predicted molar refractivity (Wildman–Crippen MR) is 81.0 cm³/mol. The highest BCUT2D eigenvalue weighted by Crippen LogP contribution is 2.33. The summed E-state index contributed by atoms with van der Waals surface area (Å²) in [6.45, 7) is 0. The van der Waals surface area contributed by atoms with Crippen LogP contribution < -0.4 is 0 Å². The molecule has 0 saturated heterocycles. The molecule has 0 fully saturated rings. The fourth-order valence-electron chi connectivity index (χ4n) is 1.60. The van der Waals surface area contributed by atoms with Gasteiger partial charge in [-0.05, 0) is 17.7 Å². The van der Waals surface area contributed by atoms with Gasteiger partial charge in [0.05, 0.1) is 5.56 Å².